The van der Waals surface area contributed by atoms with E-state index >= 15 is 0 Å². The Bertz CT molecular complexity index is 379. The summed E-state index contributed by atoms with van der Waals surface area (Å²) in [7, 11) is 0. The zero-order chi connectivity index (χ0) is 11.7. The molecule has 1 amide bonds. The fourth-order valence-corrected chi connectivity index (χ4v) is 1.45. The Kier molecular flexibility index (Phi) is 2.99. The van der Waals surface area contributed by atoms with Gasteiger partial charge in [0.05, 0.1) is 17.8 Å². The number of hydrogen-bond donors (Lipinski definition) is 1. The maximum Gasteiger partial charge on any atom is 0.254 e. The molecule has 4 nitrogen and oxygen atoms in total. The summed E-state index contributed by atoms with van der Waals surface area (Å²) in [5, 5.41) is 7.18. The molecule has 0 spiro atoms. The van der Waals surface area contributed by atoms with E-state index in [1.54, 1.807) is 6.20 Å². The van der Waals surface area contributed by atoms with Crippen molar-refractivity contribution in [2.24, 2.45) is 5.92 Å². The molecule has 0 aliphatic heterocycles. The maximum absolute atomic E-state index is 11.9. The van der Waals surface area contributed by atoms with Gasteiger partial charge in [-0.1, -0.05) is 13.8 Å². The van der Waals surface area contributed by atoms with Gasteiger partial charge in [-0.15, -0.1) is 0 Å². The number of rotatable bonds is 4. The van der Waals surface area contributed by atoms with Gasteiger partial charge in [0, 0.05) is 12.2 Å². The van der Waals surface area contributed by atoms with E-state index in [1.807, 2.05) is 17.8 Å². The smallest absolute Gasteiger partial charge is 0.254 e. The van der Waals surface area contributed by atoms with Crippen molar-refractivity contribution in [1.82, 2.24) is 15.1 Å². The second-order valence-corrected chi connectivity index (χ2v) is 4.95. The highest BCUT2D eigenvalue weighted by Crippen LogP contribution is 2.33. The van der Waals surface area contributed by atoms with E-state index in [9.17, 15) is 4.79 Å². The Morgan fingerprint density at radius 1 is 1.50 bits per heavy atom. The van der Waals surface area contributed by atoms with Crippen molar-refractivity contribution in [1.29, 1.82) is 0 Å². The molecule has 1 N–H and O–H groups in total. The molecule has 0 bridgehead atoms. The van der Waals surface area contributed by atoms with Crippen LogP contribution in [0.15, 0.2) is 12.4 Å². The van der Waals surface area contributed by atoms with E-state index in [1.165, 1.54) is 12.8 Å². The summed E-state index contributed by atoms with van der Waals surface area (Å²) < 4.78 is 1.90. The Hall–Kier alpha value is -1.32. The van der Waals surface area contributed by atoms with E-state index in [0.29, 0.717) is 17.5 Å². The number of carbonyl (C=O) groups is 1. The Labute approximate surface area is 96.0 Å². The Morgan fingerprint density at radius 2 is 2.19 bits per heavy atom. The van der Waals surface area contributed by atoms with Gasteiger partial charge in [0.15, 0.2) is 0 Å². The van der Waals surface area contributed by atoms with E-state index in [0.717, 1.165) is 0 Å². The predicted molar refractivity (Wildman–Crippen MR) is 62.3 cm³/mol. The molecule has 0 unspecified atom stereocenters. The van der Waals surface area contributed by atoms with E-state index < -0.39 is 0 Å². The molecule has 1 fully saturated rings. The molecule has 1 heterocycles. The van der Waals surface area contributed by atoms with Gasteiger partial charge in [-0.2, -0.15) is 5.10 Å². The highest BCUT2D eigenvalue weighted by Gasteiger charge is 2.25. The first kappa shape index (κ1) is 11.2. The minimum absolute atomic E-state index is 0.0203. The molecule has 1 atom stereocenters. The first-order valence-corrected chi connectivity index (χ1v) is 5.93. The van der Waals surface area contributed by atoms with Crippen LogP contribution in [-0.2, 0) is 0 Å². The van der Waals surface area contributed by atoms with Crippen LogP contribution in [0.1, 0.15) is 50.0 Å². The number of aromatic nitrogens is 2. The Balaban J connectivity index is 1.97. The van der Waals surface area contributed by atoms with Crippen molar-refractivity contribution in [2.75, 3.05) is 0 Å². The summed E-state index contributed by atoms with van der Waals surface area (Å²) in [6.07, 6.45) is 5.87. The molecular formula is C12H19N3O. The van der Waals surface area contributed by atoms with Crippen molar-refractivity contribution >= 4 is 5.91 Å². The van der Waals surface area contributed by atoms with Crippen molar-refractivity contribution in [3.63, 3.8) is 0 Å². The monoisotopic (exact) mass is 221 g/mol. The molecule has 1 aliphatic carbocycles. The zero-order valence-corrected chi connectivity index (χ0v) is 10.1. The number of nitrogens with one attached hydrogen (secondary N) is 1. The molecule has 1 aliphatic rings. The quantitative estimate of drug-likeness (QED) is 0.845. The Morgan fingerprint density at radius 3 is 2.75 bits per heavy atom. The van der Waals surface area contributed by atoms with Crippen LogP contribution in [0.5, 0.6) is 0 Å². The van der Waals surface area contributed by atoms with Gasteiger partial charge in [0.2, 0.25) is 0 Å². The SMILES string of the molecule is CC(C)[C@@H](C)NC(=O)c1cnn(C2CC2)c1. The van der Waals surface area contributed by atoms with E-state index in [4.69, 9.17) is 0 Å². The van der Waals surface area contributed by atoms with Gasteiger partial charge in [0.1, 0.15) is 0 Å². The third kappa shape index (κ3) is 2.43. The lowest BCUT2D eigenvalue weighted by atomic mass is 10.1. The molecule has 1 aromatic rings. The molecule has 1 saturated carbocycles. The molecule has 0 radical (unpaired) electrons. The van der Waals surface area contributed by atoms with Gasteiger partial charge in [-0.3, -0.25) is 9.48 Å². The third-order valence-electron chi connectivity index (χ3n) is 3.14. The molecule has 0 aromatic carbocycles. The normalized spacial score (nSPS) is 17.5. The zero-order valence-electron chi connectivity index (χ0n) is 10.1. The van der Waals surface area contributed by atoms with Gasteiger partial charge in [-0.05, 0) is 25.7 Å². The lowest BCUT2D eigenvalue weighted by Gasteiger charge is -2.16. The molecule has 2 rings (SSSR count). The summed E-state index contributed by atoms with van der Waals surface area (Å²) in [6, 6.07) is 0.723. The second kappa shape index (κ2) is 4.28. The second-order valence-electron chi connectivity index (χ2n) is 4.95. The average molecular weight is 221 g/mol. The fraction of sp³-hybridized carbons (Fsp3) is 0.667. The minimum Gasteiger partial charge on any atom is -0.349 e. The van der Waals surface area contributed by atoms with Crippen molar-refractivity contribution in [2.45, 2.75) is 45.7 Å². The lowest BCUT2D eigenvalue weighted by molar-refractivity contribution is 0.0930. The van der Waals surface area contributed by atoms with Crippen LogP contribution in [0.25, 0.3) is 0 Å². The first-order valence-electron chi connectivity index (χ1n) is 5.93. The summed E-state index contributed by atoms with van der Waals surface area (Å²) in [6.45, 7) is 6.21. The molecule has 88 valence electrons. The molecule has 4 heteroatoms. The van der Waals surface area contributed by atoms with Gasteiger partial charge in [-0.25, -0.2) is 0 Å². The van der Waals surface area contributed by atoms with E-state index in [-0.39, 0.29) is 11.9 Å². The van der Waals surface area contributed by atoms with Gasteiger partial charge < -0.3 is 5.32 Å². The van der Waals surface area contributed by atoms with Gasteiger partial charge >= 0.3 is 0 Å². The average Bonchev–Trinajstić information content (AvgIpc) is 2.96. The largest absolute Gasteiger partial charge is 0.349 e. The lowest BCUT2D eigenvalue weighted by Crippen LogP contribution is -2.35. The van der Waals surface area contributed by atoms with E-state index in [2.05, 4.69) is 24.3 Å². The van der Waals surface area contributed by atoms with Crippen molar-refractivity contribution in [3.05, 3.63) is 18.0 Å². The third-order valence-corrected chi connectivity index (χ3v) is 3.14. The summed E-state index contributed by atoms with van der Waals surface area (Å²) in [5.41, 5.74) is 0.666. The summed E-state index contributed by atoms with van der Waals surface area (Å²) in [5.74, 6) is 0.426. The van der Waals surface area contributed by atoms with Gasteiger partial charge in [0.25, 0.3) is 5.91 Å². The van der Waals surface area contributed by atoms with Crippen LogP contribution < -0.4 is 5.32 Å². The minimum atomic E-state index is -0.0203. The van der Waals surface area contributed by atoms with Crippen LogP contribution >= 0.6 is 0 Å². The van der Waals surface area contributed by atoms with Crippen LogP contribution in [0.4, 0.5) is 0 Å². The standard InChI is InChI=1S/C12H19N3O/c1-8(2)9(3)14-12(16)10-6-13-15(7-10)11-4-5-11/h6-9,11H,4-5H2,1-3H3,(H,14,16)/t9-/m1/s1. The number of nitrogens with zero attached hydrogens (tertiary/aromatic N) is 2. The topological polar surface area (TPSA) is 46.9 Å². The van der Waals surface area contributed by atoms with Crippen LogP contribution in [0, 0.1) is 5.92 Å². The number of hydrogen-bond acceptors (Lipinski definition) is 2. The number of amides is 1. The molecular weight excluding hydrogens is 202 g/mol. The molecule has 1 aromatic heterocycles. The highest BCUT2D eigenvalue weighted by molar-refractivity contribution is 5.93. The molecule has 0 saturated heterocycles. The molecule has 16 heavy (non-hydrogen) atoms. The maximum atomic E-state index is 11.9. The van der Waals surface area contributed by atoms with Crippen LogP contribution in [-0.4, -0.2) is 21.7 Å². The van der Waals surface area contributed by atoms with Crippen LogP contribution in [0.2, 0.25) is 0 Å². The highest BCUT2D eigenvalue weighted by atomic mass is 16.1. The predicted octanol–water partition coefficient (Wildman–Crippen LogP) is 1.99. The fourth-order valence-electron chi connectivity index (χ4n) is 1.45. The summed E-state index contributed by atoms with van der Waals surface area (Å²) in [4.78, 5) is 11.9. The van der Waals surface area contributed by atoms with Crippen LogP contribution in [0.3, 0.4) is 0 Å². The van der Waals surface area contributed by atoms with Crippen molar-refractivity contribution in [3.8, 4) is 0 Å². The summed E-state index contributed by atoms with van der Waals surface area (Å²) >= 11 is 0. The number of carbonyl (C=O) groups excluding carboxylic acids is 1. The first-order chi connectivity index (χ1) is 7.58. The van der Waals surface area contributed by atoms with Crippen molar-refractivity contribution < 1.29 is 4.79 Å².